The lowest BCUT2D eigenvalue weighted by molar-refractivity contribution is -0.117. The fraction of sp³-hybridized carbons (Fsp3) is 0.273. The molecule has 16 heavy (non-hydrogen) atoms. The molecule has 1 aromatic carbocycles. The second kappa shape index (κ2) is 4.71. The standard InChI is InChI=1S/C11H9F2NO2/c1-6(15)8(5-14)11-9(12)3-7(16-2)4-10(11)13/h3-4,8H,1-2H3/t8-/m0/s1. The number of ketones is 1. The van der Waals surface area contributed by atoms with Gasteiger partial charge < -0.3 is 4.74 Å². The smallest absolute Gasteiger partial charge is 0.151 e. The minimum atomic E-state index is -1.43. The number of hydrogen-bond donors (Lipinski definition) is 0. The summed E-state index contributed by atoms with van der Waals surface area (Å²) < 4.78 is 31.6. The van der Waals surface area contributed by atoms with E-state index in [0.717, 1.165) is 19.1 Å². The lowest BCUT2D eigenvalue weighted by Gasteiger charge is -2.10. The van der Waals surface area contributed by atoms with E-state index in [9.17, 15) is 13.6 Å². The van der Waals surface area contributed by atoms with Crippen LogP contribution in [0, 0.1) is 23.0 Å². The highest BCUT2D eigenvalue weighted by Crippen LogP contribution is 2.27. The van der Waals surface area contributed by atoms with Crippen molar-refractivity contribution in [1.82, 2.24) is 0 Å². The highest BCUT2D eigenvalue weighted by molar-refractivity contribution is 5.86. The van der Waals surface area contributed by atoms with Crippen LogP contribution < -0.4 is 4.74 Å². The summed E-state index contributed by atoms with van der Waals surface area (Å²) in [5.41, 5.74) is -0.532. The lowest BCUT2D eigenvalue weighted by Crippen LogP contribution is -2.11. The Morgan fingerprint density at radius 2 is 1.94 bits per heavy atom. The maximum atomic E-state index is 13.5. The van der Waals surface area contributed by atoms with Gasteiger partial charge in [0.2, 0.25) is 0 Å². The Morgan fingerprint density at radius 3 is 2.25 bits per heavy atom. The van der Waals surface area contributed by atoms with Crippen molar-refractivity contribution in [2.75, 3.05) is 7.11 Å². The summed E-state index contributed by atoms with van der Waals surface area (Å²) in [7, 11) is 1.26. The van der Waals surface area contributed by atoms with Crippen LogP contribution in [0.15, 0.2) is 12.1 Å². The van der Waals surface area contributed by atoms with Crippen LogP contribution in [0.2, 0.25) is 0 Å². The molecule has 0 aliphatic carbocycles. The van der Waals surface area contributed by atoms with Crippen LogP contribution in [0.3, 0.4) is 0 Å². The molecule has 84 valence electrons. The topological polar surface area (TPSA) is 50.1 Å². The van der Waals surface area contributed by atoms with Gasteiger partial charge in [0.25, 0.3) is 0 Å². The minimum absolute atomic E-state index is 0.000933. The fourth-order valence-corrected chi connectivity index (χ4v) is 1.31. The number of rotatable bonds is 3. The summed E-state index contributed by atoms with van der Waals surface area (Å²) in [5.74, 6) is -3.95. The van der Waals surface area contributed by atoms with Crippen LogP contribution in [-0.4, -0.2) is 12.9 Å². The lowest BCUT2D eigenvalue weighted by atomic mass is 9.96. The molecular formula is C11H9F2NO2. The third kappa shape index (κ3) is 2.16. The second-order valence-corrected chi connectivity index (χ2v) is 3.18. The normalized spacial score (nSPS) is 11.7. The van der Waals surface area contributed by atoms with Gasteiger partial charge in [-0.2, -0.15) is 5.26 Å². The molecule has 0 radical (unpaired) electrons. The van der Waals surface area contributed by atoms with Crippen molar-refractivity contribution in [1.29, 1.82) is 5.26 Å². The van der Waals surface area contributed by atoms with E-state index in [1.54, 1.807) is 6.07 Å². The average Bonchev–Trinajstić information content (AvgIpc) is 2.22. The molecular weight excluding hydrogens is 216 g/mol. The van der Waals surface area contributed by atoms with Crippen LogP contribution in [0.1, 0.15) is 18.4 Å². The molecule has 0 saturated carbocycles. The first-order chi connectivity index (χ1) is 7.51. The average molecular weight is 225 g/mol. The van der Waals surface area contributed by atoms with Gasteiger partial charge in [0.05, 0.1) is 13.2 Å². The molecule has 0 bridgehead atoms. The van der Waals surface area contributed by atoms with Crippen LogP contribution >= 0.6 is 0 Å². The molecule has 3 nitrogen and oxygen atoms in total. The molecule has 0 heterocycles. The molecule has 1 rings (SSSR count). The van der Waals surface area contributed by atoms with E-state index in [1.165, 1.54) is 7.11 Å². The van der Waals surface area contributed by atoms with E-state index >= 15 is 0 Å². The predicted octanol–water partition coefficient (Wildman–Crippen LogP) is 2.17. The number of nitrogens with zero attached hydrogens (tertiary/aromatic N) is 1. The number of carbonyl (C=O) groups is 1. The van der Waals surface area contributed by atoms with Crippen LogP contribution in [0.5, 0.6) is 5.75 Å². The zero-order chi connectivity index (χ0) is 12.3. The Labute approximate surface area is 91.3 Å². The molecule has 0 spiro atoms. The molecule has 5 heteroatoms. The number of Topliss-reactive ketones (excluding diaryl/α,β-unsaturated/α-hetero) is 1. The zero-order valence-electron chi connectivity index (χ0n) is 8.75. The maximum absolute atomic E-state index is 13.5. The monoisotopic (exact) mass is 225 g/mol. The summed E-state index contributed by atoms with van der Waals surface area (Å²) in [6.07, 6.45) is 0. The molecule has 0 aromatic heterocycles. The predicted molar refractivity (Wildman–Crippen MR) is 51.9 cm³/mol. The number of methoxy groups -OCH3 is 1. The quantitative estimate of drug-likeness (QED) is 0.792. The molecule has 0 fully saturated rings. The van der Waals surface area contributed by atoms with E-state index in [1.807, 2.05) is 0 Å². The summed E-state index contributed by atoms with van der Waals surface area (Å²) >= 11 is 0. The van der Waals surface area contributed by atoms with Crippen LogP contribution in [-0.2, 0) is 4.79 Å². The molecule has 0 aliphatic heterocycles. The van der Waals surface area contributed by atoms with Gasteiger partial charge in [-0.3, -0.25) is 4.79 Å². The molecule has 0 saturated heterocycles. The van der Waals surface area contributed by atoms with Crippen molar-refractivity contribution in [2.45, 2.75) is 12.8 Å². The van der Waals surface area contributed by atoms with Gasteiger partial charge in [0.15, 0.2) is 5.78 Å². The molecule has 0 aliphatic rings. The van der Waals surface area contributed by atoms with Gasteiger partial charge in [-0.1, -0.05) is 0 Å². The number of ether oxygens (including phenoxy) is 1. The summed E-state index contributed by atoms with van der Waals surface area (Å²) in [6.45, 7) is 1.11. The Kier molecular flexibility index (Phi) is 3.56. The Bertz CT molecular complexity index is 443. The molecule has 0 N–H and O–H groups in total. The number of carbonyl (C=O) groups excluding carboxylic acids is 1. The van der Waals surface area contributed by atoms with E-state index < -0.39 is 28.9 Å². The number of benzene rings is 1. The van der Waals surface area contributed by atoms with Crippen molar-refractivity contribution < 1.29 is 18.3 Å². The number of hydrogen-bond acceptors (Lipinski definition) is 3. The summed E-state index contributed by atoms with van der Waals surface area (Å²) in [6, 6.07) is 3.44. The van der Waals surface area contributed by atoms with Gasteiger partial charge in [-0.15, -0.1) is 0 Å². The first kappa shape index (κ1) is 12.1. The maximum Gasteiger partial charge on any atom is 0.151 e. The summed E-state index contributed by atoms with van der Waals surface area (Å²) in [5, 5.41) is 8.69. The Balaban J connectivity index is 3.35. The Hall–Kier alpha value is -1.96. The highest BCUT2D eigenvalue weighted by Gasteiger charge is 2.24. The zero-order valence-corrected chi connectivity index (χ0v) is 8.75. The van der Waals surface area contributed by atoms with Crippen LogP contribution in [0.25, 0.3) is 0 Å². The van der Waals surface area contributed by atoms with E-state index in [0.29, 0.717) is 0 Å². The number of halogens is 2. The first-order valence-electron chi connectivity index (χ1n) is 4.44. The molecule has 1 aromatic rings. The third-order valence-electron chi connectivity index (χ3n) is 2.11. The van der Waals surface area contributed by atoms with E-state index in [4.69, 9.17) is 5.26 Å². The van der Waals surface area contributed by atoms with Crippen molar-refractivity contribution in [3.8, 4) is 11.8 Å². The fourth-order valence-electron chi connectivity index (χ4n) is 1.31. The highest BCUT2D eigenvalue weighted by atomic mass is 19.1. The SMILES string of the molecule is COc1cc(F)c([C@@H](C#N)C(C)=O)c(F)c1. The van der Waals surface area contributed by atoms with Crippen LogP contribution in [0.4, 0.5) is 8.78 Å². The molecule has 0 amide bonds. The molecule has 0 unspecified atom stereocenters. The van der Waals surface area contributed by atoms with E-state index in [2.05, 4.69) is 4.74 Å². The third-order valence-corrected chi connectivity index (χ3v) is 2.11. The van der Waals surface area contributed by atoms with Crippen molar-refractivity contribution >= 4 is 5.78 Å². The van der Waals surface area contributed by atoms with Crippen molar-refractivity contribution in [2.24, 2.45) is 0 Å². The van der Waals surface area contributed by atoms with Gasteiger partial charge in [0.1, 0.15) is 23.3 Å². The summed E-state index contributed by atoms with van der Waals surface area (Å²) in [4.78, 5) is 11.0. The largest absolute Gasteiger partial charge is 0.497 e. The van der Waals surface area contributed by atoms with Crippen molar-refractivity contribution in [3.05, 3.63) is 29.3 Å². The molecule has 1 atom stereocenters. The first-order valence-corrected chi connectivity index (χ1v) is 4.44. The Morgan fingerprint density at radius 1 is 1.44 bits per heavy atom. The number of nitriles is 1. The van der Waals surface area contributed by atoms with Gasteiger partial charge in [0, 0.05) is 17.7 Å². The van der Waals surface area contributed by atoms with Gasteiger partial charge in [-0.05, 0) is 6.92 Å². The van der Waals surface area contributed by atoms with Crippen molar-refractivity contribution in [3.63, 3.8) is 0 Å². The van der Waals surface area contributed by atoms with E-state index in [-0.39, 0.29) is 5.75 Å². The van der Waals surface area contributed by atoms with Gasteiger partial charge in [-0.25, -0.2) is 8.78 Å². The second-order valence-electron chi connectivity index (χ2n) is 3.18. The van der Waals surface area contributed by atoms with Gasteiger partial charge >= 0.3 is 0 Å². The minimum Gasteiger partial charge on any atom is -0.497 e.